The number of aliphatic hydroxyl groups is 1. The van der Waals surface area contributed by atoms with Crippen LogP contribution in [0.25, 0.3) is 0 Å². The van der Waals surface area contributed by atoms with Gasteiger partial charge in [-0.3, -0.25) is 0 Å². The van der Waals surface area contributed by atoms with Crippen LogP contribution in [0.15, 0.2) is 0 Å². The Labute approximate surface area is 181 Å². The lowest BCUT2D eigenvalue weighted by molar-refractivity contribution is -0.106. The molecule has 0 aromatic heterocycles. The van der Waals surface area contributed by atoms with Gasteiger partial charge in [-0.15, -0.1) is 0 Å². The molecular formula is C28H50O. The smallest absolute Gasteiger partial charge is 0.0543 e. The van der Waals surface area contributed by atoms with Gasteiger partial charge in [-0.1, -0.05) is 60.3 Å². The fraction of sp³-hybridized carbons (Fsp3) is 1.00. The third-order valence-corrected chi connectivity index (χ3v) is 11.1. The van der Waals surface area contributed by atoms with Crippen LogP contribution in [0.4, 0.5) is 0 Å². The minimum absolute atomic E-state index is 0.0187. The molecule has 0 spiro atoms. The molecule has 0 unspecified atom stereocenters. The van der Waals surface area contributed by atoms with Gasteiger partial charge in [-0.25, -0.2) is 0 Å². The zero-order chi connectivity index (χ0) is 20.8. The van der Waals surface area contributed by atoms with Gasteiger partial charge >= 0.3 is 0 Å². The standard InChI is InChI=1S/C28H50O/c1-19(2)8-6-9-20(3)24-13-14-25-23-12-11-21-18-22(29)10-7-16-27(21,4)26(23)15-17-28(24,25)5/h19-26,29H,6-18H2,1-5H3/t20-,21+,22+,23-,24-,25+,26-,27-,28-/m0/s1. The van der Waals surface area contributed by atoms with Crippen molar-refractivity contribution in [1.29, 1.82) is 0 Å². The Morgan fingerprint density at radius 1 is 0.828 bits per heavy atom. The fourth-order valence-corrected chi connectivity index (χ4v) is 9.50. The monoisotopic (exact) mass is 402 g/mol. The molecule has 0 radical (unpaired) electrons. The van der Waals surface area contributed by atoms with Crippen molar-refractivity contribution in [2.24, 2.45) is 52.3 Å². The van der Waals surface area contributed by atoms with Gasteiger partial charge in [0.1, 0.15) is 0 Å². The van der Waals surface area contributed by atoms with E-state index in [0.29, 0.717) is 10.8 Å². The third-order valence-electron chi connectivity index (χ3n) is 11.1. The van der Waals surface area contributed by atoms with Gasteiger partial charge in [0.25, 0.3) is 0 Å². The van der Waals surface area contributed by atoms with E-state index in [1.54, 1.807) is 0 Å². The highest BCUT2D eigenvalue weighted by molar-refractivity contribution is 5.09. The Bertz CT molecular complexity index is 555. The van der Waals surface area contributed by atoms with Gasteiger partial charge < -0.3 is 5.11 Å². The van der Waals surface area contributed by atoms with Crippen molar-refractivity contribution < 1.29 is 5.11 Å². The summed E-state index contributed by atoms with van der Waals surface area (Å²) in [6.07, 6.45) is 17.9. The zero-order valence-electron chi connectivity index (χ0n) is 20.3. The Morgan fingerprint density at radius 3 is 2.34 bits per heavy atom. The molecule has 4 fully saturated rings. The summed E-state index contributed by atoms with van der Waals surface area (Å²) >= 11 is 0. The zero-order valence-corrected chi connectivity index (χ0v) is 20.3. The number of fused-ring (bicyclic) bond motifs is 5. The lowest BCUT2D eigenvalue weighted by atomic mass is 9.46. The number of hydrogen-bond acceptors (Lipinski definition) is 1. The van der Waals surface area contributed by atoms with Gasteiger partial charge in [0.2, 0.25) is 0 Å². The molecule has 1 nitrogen and oxygen atoms in total. The third kappa shape index (κ3) is 3.96. The Kier molecular flexibility index (Phi) is 6.48. The summed E-state index contributed by atoms with van der Waals surface area (Å²) in [5, 5.41) is 10.4. The second-order valence-corrected chi connectivity index (χ2v) is 13.0. The van der Waals surface area contributed by atoms with Gasteiger partial charge in [0.05, 0.1) is 6.10 Å². The fourth-order valence-electron chi connectivity index (χ4n) is 9.50. The Hall–Kier alpha value is -0.0400. The molecule has 0 heterocycles. The highest BCUT2D eigenvalue weighted by Gasteiger charge is 2.60. The lowest BCUT2D eigenvalue weighted by Crippen LogP contribution is -2.52. The van der Waals surface area contributed by atoms with E-state index in [1.165, 1.54) is 70.6 Å². The SMILES string of the molecule is CC(C)CCC[C@H](C)[C@@H]1CC[C@@H]2[C@@H]3CC[C@@H]4C[C@H](O)CCC[C@]4(C)[C@H]3CC[C@]21C. The molecule has 0 aromatic rings. The van der Waals surface area contributed by atoms with Crippen LogP contribution in [-0.4, -0.2) is 11.2 Å². The molecule has 4 saturated carbocycles. The average Bonchev–Trinajstić information content (AvgIpc) is 2.92. The summed E-state index contributed by atoms with van der Waals surface area (Å²) in [6.45, 7) is 12.7. The van der Waals surface area contributed by atoms with E-state index < -0.39 is 0 Å². The normalized spacial score (nSPS) is 48.5. The van der Waals surface area contributed by atoms with Crippen molar-refractivity contribution >= 4 is 0 Å². The molecule has 0 saturated heterocycles. The highest BCUT2D eigenvalue weighted by atomic mass is 16.3. The molecule has 29 heavy (non-hydrogen) atoms. The first-order valence-corrected chi connectivity index (χ1v) is 13.4. The van der Waals surface area contributed by atoms with E-state index >= 15 is 0 Å². The van der Waals surface area contributed by atoms with Crippen molar-refractivity contribution in [3.63, 3.8) is 0 Å². The van der Waals surface area contributed by atoms with E-state index in [9.17, 15) is 5.11 Å². The molecule has 4 rings (SSSR count). The summed E-state index contributed by atoms with van der Waals surface area (Å²) in [4.78, 5) is 0. The van der Waals surface area contributed by atoms with Crippen LogP contribution < -0.4 is 0 Å². The molecule has 4 aliphatic rings. The van der Waals surface area contributed by atoms with E-state index in [4.69, 9.17) is 0 Å². The second kappa shape index (κ2) is 8.48. The summed E-state index contributed by atoms with van der Waals surface area (Å²) in [6, 6.07) is 0. The average molecular weight is 403 g/mol. The summed E-state index contributed by atoms with van der Waals surface area (Å²) in [5.74, 6) is 6.46. The molecule has 9 atom stereocenters. The molecule has 1 heteroatoms. The van der Waals surface area contributed by atoms with E-state index in [1.807, 2.05) is 0 Å². The minimum Gasteiger partial charge on any atom is -0.393 e. The maximum absolute atomic E-state index is 10.4. The van der Waals surface area contributed by atoms with Crippen molar-refractivity contribution in [3.05, 3.63) is 0 Å². The number of aliphatic hydroxyl groups excluding tert-OH is 1. The van der Waals surface area contributed by atoms with Crippen molar-refractivity contribution in [2.75, 3.05) is 0 Å². The van der Waals surface area contributed by atoms with Crippen LogP contribution in [0.3, 0.4) is 0 Å². The van der Waals surface area contributed by atoms with Gasteiger partial charge in [-0.2, -0.15) is 0 Å². The molecule has 0 amide bonds. The molecule has 0 aliphatic heterocycles. The molecule has 168 valence electrons. The first-order chi connectivity index (χ1) is 13.8. The lowest BCUT2D eigenvalue weighted by Gasteiger charge is -2.59. The molecule has 4 aliphatic carbocycles. The van der Waals surface area contributed by atoms with Crippen LogP contribution in [0, 0.1) is 52.3 Å². The van der Waals surface area contributed by atoms with Crippen LogP contribution in [0.1, 0.15) is 118 Å². The molecule has 0 bridgehead atoms. The quantitative estimate of drug-likeness (QED) is 0.496. The molecule has 0 aromatic carbocycles. The first-order valence-electron chi connectivity index (χ1n) is 13.4. The number of hydrogen-bond donors (Lipinski definition) is 1. The van der Waals surface area contributed by atoms with E-state index in [2.05, 4.69) is 34.6 Å². The summed E-state index contributed by atoms with van der Waals surface area (Å²) in [5.41, 5.74) is 1.13. The van der Waals surface area contributed by atoms with Gasteiger partial charge in [-0.05, 0) is 110 Å². The minimum atomic E-state index is -0.0187. The predicted molar refractivity (Wildman–Crippen MR) is 124 cm³/mol. The van der Waals surface area contributed by atoms with Crippen molar-refractivity contribution in [2.45, 2.75) is 124 Å². The van der Waals surface area contributed by atoms with Crippen molar-refractivity contribution in [3.8, 4) is 0 Å². The maximum atomic E-state index is 10.4. The van der Waals surface area contributed by atoms with Crippen molar-refractivity contribution in [1.82, 2.24) is 0 Å². The topological polar surface area (TPSA) is 20.2 Å². The van der Waals surface area contributed by atoms with Crippen LogP contribution >= 0.6 is 0 Å². The van der Waals surface area contributed by atoms with Crippen LogP contribution in [0.2, 0.25) is 0 Å². The summed E-state index contributed by atoms with van der Waals surface area (Å²) < 4.78 is 0. The predicted octanol–water partition coefficient (Wildman–Crippen LogP) is 7.86. The maximum Gasteiger partial charge on any atom is 0.0543 e. The Morgan fingerprint density at radius 2 is 1.59 bits per heavy atom. The van der Waals surface area contributed by atoms with Crippen LogP contribution in [-0.2, 0) is 0 Å². The Balaban J connectivity index is 1.47. The van der Waals surface area contributed by atoms with E-state index in [-0.39, 0.29) is 6.10 Å². The first kappa shape index (κ1) is 22.2. The van der Waals surface area contributed by atoms with Gasteiger partial charge in [0, 0.05) is 0 Å². The van der Waals surface area contributed by atoms with Crippen LogP contribution in [0.5, 0.6) is 0 Å². The summed E-state index contributed by atoms with van der Waals surface area (Å²) in [7, 11) is 0. The molecule has 1 N–H and O–H groups in total. The number of rotatable bonds is 5. The largest absolute Gasteiger partial charge is 0.393 e. The highest BCUT2D eigenvalue weighted by Crippen LogP contribution is 2.68. The molecular weight excluding hydrogens is 352 g/mol. The van der Waals surface area contributed by atoms with E-state index in [0.717, 1.165) is 54.3 Å². The van der Waals surface area contributed by atoms with Gasteiger partial charge in [0.15, 0.2) is 0 Å². The second-order valence-electron chi connectivity index (χ2n) is 13.0.